The van der Waals surface area contributed by atoms with Crippen LogP contribution in [-0.2, 0) is 12.7 Å². The van der Waals surface area contributed by atoms with Gasteiger partial charge >= 0.3 is 6.18 Å². The SMILES string of the molecule is Cc1c(C(=O)NCc2cccc(C(=O)N3CCCC3)c2)cnn1-c1ccc(C(F)(F)F)cn1. The zero-order valence-corrected chi connectivity index (χ0v) is 17.9. The van der Waals surface area contributed by atoms with Crippen LogP contribution in [0.4, 0.5) is 13.2 Å². The maximum atomic E-state index is 12.7. The van der Waals surface area contributed by atoms with Crippen molar-refractivity contribution in [2.75, 3.05) is 13.1 Å². The summed E-state index contributed by atoms with van der Waals surface area (Å²) in [5, 5.41) is 6.90. The molecule has 1 N–H and O–H groups in total. The van der Waals surface area contributed by atoms with E-state index in [1.807, 2.05) is 11.0 Å². The van der Waals surface area contributed by atoms with Crippen molar-refractivity contribution >= 4 is 11.8 Å². The molecule has 10 heteroatoms. The molecule has 4 rings (SSSR count). The summed E-state index contributed by atoms with van der Waals surface area (Å²) in [6.07, 6.45) is -0.386. The largest absolute Gasteiger partial charge is 0.417 e. The number of likely N-dealkylation sites (tertiary alicyclic amines) is 1. The molecule has 0 atom stereocenters. The summed E-state index contributed by atoms with van der Waals surface area (Å²) in [5.74, 6) is -0.226. The van der Waals surface area contributed by atoms with E-state index < -0.39 is 11.7 Å². The number of hydrogen-bond donors (Lipinski definition) is 1. The summed E-state index contributed by atoms with van der Waals surface area (Å²) in [7, 11) is 0. The first-order valence-corrected chi connectivity index (χ1v) is 10.5. The fraction of sp³-hybridized carbons (Fsp3) is 0.304. The Morgan fingerprint density at radius 2 is 1.85 bits per heavy atom. The number of aromatic nitrogens is 3. The van der Waals surface area contributed by atoms with Crippen molar-refractivity contribution in [3.63, 3.8) is 0 Å². The van der Waals surface area contributed by atoms with Gasteiger partial charge in [-0.05, 0) is 49.6 Å². The molecular weight excluding hydrogens is 435 g/mol. The van der Waals surface area contributed by atoms with Crippen LogP contribution in [0.1, 0.15) is 50.4 Å². The second kappa shape index (κ2) is 9.05. The first kappa shape index (κ1) is 22.5. The molecule has 2 amide bonds. The van der Waals surface area contributed by atoms with E-state index in [0.717, 1.165) is 43.8 Å². The molecule has 0 spiro atoms. The molecule has 172 valence electrons. The minimum absolute atomic E-state index is 0.0122. The van der Waals surface area contributed by atoms with E-state index in [4.69, 9.17) is 0 Å². The van der Waals surface area contributed by atoms with Gasteiger partial charge in [0.15, 0.2) is 5.82 Å². The lowest BCUT2D eigenvalue weighted by atomic mass is 10.1. The van der Waals surface area contributed by atoms with Crippen molar-refractivity contribution in [1.82, 2.24) is 25.0 Å². The molecule has 0 radical (unpaired) electrons. The fourth-order valence-corrected chi connectivity index (χ4v) is 3.74. The highest BCUT2D eigenvalue weighted by atomic mass is 19.4. The van der Waals surface area contributed by atoms with Crippen molar-refractivity contribution in [3.05, 3.63) is 76.7 Å². The minimum Gasteiger partial charge on any atom is -0.348 e. The van der Waals surface area contributed by atoms with Crippen molar-refractivity contribution in [2.45, 2.75) is 32.5 Å². The quantitative estimate of drug-likeness (QED) is 0.633. The Bertz CT molecular complexity index is 1170. The van der Waals surface area contributed by atoms with Crippen LogP contribution in [0.3, 0.4) is 0 Å². The van der Waals surface area contributed by atoms with Gasteiger partial charge in [-0.1, -0.05) is 12.1 Å². The number of carbonyl (C=O) groups is 2. The third-order valence-electron chi connectivity index (χ3n) is 5.57. The van der Waals surface area contributed by atoms with Crippen LogP contribution >= 0.6 is 0 Å². The van der Waals surface area contributed by atoms with Crippen LogP contribution in [0, 0.1) is 6.92 Å². The van der Waals surface area contributed by atoms with E-state index in [2.05, 4.69) is 15.4 Å². The summed E-state index contributed by atoms with van der Waals surface area (Å²) < 4.78 is 39.6. The lowest BCUT2D eigenvalue weighted by molar-refractivity contribution is -0.137. The summed E-state index contributed by atoms with van der Waals surface area (Å²) in [5.41, 5.74) is 1.22. The van der Waals surface area contributed by atoms with E-state index in [9.17, 15) is 22.8 Å². The lowest BCUT2D eigenvalue weighted by Crippen LogP contribution is -2.28. The van der Waals surface area contributed by atoms with Gasteiger partial charge in [-0.25, -0.2) is 9.67 Å². The number of nitrogens with zero attached hydrogens (tertiary/aromatic N) is 4. The zero-order chi connectivity index (χ0) is 23.6. The first-order valence-electron chi connectivity index (χ1n) is 10.5. The Balaban J connectivity index is 1.43. The minimum atomic E-state index is -4.48. The Morgan fingerprint density at radius 1 is 1.09 bits per heavy atom. The number of alkyl halides is 3. The molecule has 0 aliphatic carbocycles. The molecule has 2 aromatic heterocycles. The second-order valence-electron chi connectivity index (χ2n) is 7.84. The van der Waals surface area contributed by atoms with Crippen LogP contribution in [0.5, 0.6) is 0 Å². The van der Waals surface area contributed by atoms with E-state index in [-0.39, 0.29) is 29.7 Å². The summed E-state index contributed by atoms with van der Waals surface area (Å²) in [6, 6.07) is 9.25. The molecule has 1 aliphatic rings. The number of rotatable bonds is 5. The molecule has 3 aromatic rings. The molecule has 33 heavy (non-hydrogen) atoms. The number of pyridine rings is 1. The van der Waals surface area contributed by atoms with Crippen molar-refractivity contribution < 1.29 is 22.8 Å². The summed E-state index contributed by atoms with van der Waals surface area (Å²) in [4.78, 5) is 30.9. The standard InChI is InChI=1S/C23H22F3N5O2/c1-15-19(14-29-31(15)20-8-7-18(13-27-20)23(24,25)26)21(32)28-12-16-5-4-6-17(11-16)22(33)30-9-2-3-10-30/h4-8,11,13-14H,2-3,9-10,12H2,1H3,(H,28,32). The van der Waals surface area contributed by atoms with Crippen LogP contribution in [0.25, 0.3) is 5.82 Å². The van der Waals surface area contributed by atoms with Crippen molar-refractivity contribution in [1.29, 1.82) is 0 Å². The normalized spacial score (nSPS) is 13.9. The van der Waals surface area contributed by atoms with Crippen molar-refractivity contribution in [3.8, 4) is 5.82 Å². The van der Waals surface area contributed by atoms with E-state index >= 15 is 0 Å². The smallest absolute Gasteiger partial charge is 0.348 e. The predicted octanol–water partition coefficient (Wildman–Crippen LogP) is 3.76. The number of halogens is 3. The van der Waals surface area contributed by atoms with Gasteiger partial charge in [0.2, 0.25) is 0 Å². The molecule has 7 nitrogen and oxygen atoms in total. The summed E-state index contributed by atoms with van der Waals surface area (Å²) in [6.45, 7) is 3.37. The Labute approximate surface area is 188 Å². The van der Waals surface area contributed by atoms with Crippen LogP contribution in [0.15, 0.2) is 48.8 Å². The topological polar surface area (TPSA) is 80.1 Å². The van der Waals surface area contributed by atoms with Gasteiger partial charge in [-0.3, -0.25) is 9.59 Å². The Kier molecular flexibility index (Phi) is 6.17. The molecule has 0 unspecified atom stereocenters. The first-order chi connectivity index (χ1) is 15.7. The highest BCUT2D eigenvalue weighted by Gasteiger charge is 2.31. The molecule has 1 aliphatic heterocycles. The third kappa shape index (κ3) is 4.89. The van der Waals surface area contributed by atoms with Crippen LogP contribution < -0.4 is 5.32 Å². The number of hydrogen-bond acceptors (Lipinski definition) is 4. The molecule has 1 fully saturated rings. The van der Waals surface area contributed by atoms with Gasteiger partial charge in [0.05, 0.1) is 23.0 Å². The number of amides is 2. The van der Waals surface area contributed by atoms with Gasteiger partial charge < -0.3 is 10.2 Å². The fourth-order valence-electron chi connectivity index (χ4n) is 3.74. The number of carbonyl (C=O) groups excluding carboxylic acids is 2. The van der Waals surface area contributed by atoms with E-state index in [1.165, 1.54) is 16.9 Å². The van der Waals surface area contributed by atoms with E-state index in [0.29, 0.717) is 11.3 Å². The Hall–Kier alpha value is -3.69. The zero-order valence-electron chi connectivity index (χ0n) is 17.9. The monoisotopic (exact) mass is 457 g/mol. The number of nitrogens with one attached hydrogen (secondary N) is 1. The van der Waals surface area contributed by atoms with Crippen LogP contribution in [0.2, 0.25) is 0 Å². The molecule has 0 saturated carbocycles. The van der Waals surface area contributed by atoms with Crippen LogP contribution in [-0.4, -0.2) is 44.6 Å². The highest BCUT2D eigenvalue weighted by molar-refractivity contribution is 5.95. The summed E-state index contributed by atoms with van der Waals surface area (Å²) >= 11 is 0. The average Bonchev–Trinajstić information content (AvgIpc) is 3.47. The van der Waals surface area contributed by atoms with Gasteiger partial charge in [0.25, 0.3) is 11.8 Å². The second-order valence-corrected chi connectivity index (χ2v) is 7.84. The molecule has 1 saturated heterocycles. The van der Waals surface area contributed by atoms with E-state index in [1.54, 1.807) is 25.1 Å². The maximum absolute atomic E-state index is 12.7. The van der Waals surface area contributed by atoms with Gasteiger partial charge in [-0.2, -0.15) is 18.3 Å². The average molecular weight is 457 g/mol. The molecular formula is C23H22F3N5O2. The van der Waals surface area contributed by atoms with Crippen molar-refractivity contribution in [2.24, 2.45) is 0 Å². The van der Waals surface area contributed by atoms with Gasteiger partial charge in [0, 0.05) is 31.4 Å². The molecule has 3 heterocycles. The van der Waals surface area contributed by atoms with Gasteiger partial charge in [0.1, 0.15) is 0 Å². The predicted molar refractivity (Wildman–Crippen MR) is 114 cm³/mol. The lowest BCUT2D eigenvalue weighted by Gasteiger charge is -2.15. The molecule has 1 aromatic carbocycles. The highest BCUT2D eigenvalue weighted by Crippen LogP contribution is 2.28. The number of benzene rings is 1. The Morgan fingerprint density at radius 3 is 2.52 bits per heavy atom. The molecule has 0 bridgehead atoms. The third-order valence-corrected chi connectivity index (χ3v) is 5.57. The maximum Gasteiger partial charge on any atom is 0.417 e. The van der Waals surface area contributed by atoms with Gasteiger partial charge in [-0.15, -0.1) is 0 Å².